The summed E-state index contributed by atoms with van der Waals surface area (Å²) in [7, 11) is 1.33. The number of rotatable bonds is 8. The van der Waals surface area contributed by atoms with Crippen LogP contribution in [0.2, 0.25) is 0 Å². The van der Waals surface area contributed by atoms with E-state index in [9.17, 15) is 9.59 Å². The van der Waals surface area contributed by atoms with E-state index in [1.807, 2.05) is 48.5 Å². The van der Waals surface area contributed by atoms with E-state index < -0.39 is 5.97 Å². The summed E-state index contributed by atoms with van der Waals surface area (Å²) < 4.78 is 12.1. The molecule has 0 saturated carbocycles. The monoisotopic (exact) mass is 494 g/mol. The molecule has 0 aliphatic carbocycles. The van der Waals surface area contributed by atoms with Crippen molar-refractivity contribution in [3.63, 3.8) is 0 Å². The summed E-state index contributed by atoms with van der Waals surface area (Å²) >= 11 is 0. The fourth-order valence-corrected chi connectivity index (χ4v) is 4.26. The van der Waals surface area contributed by atoms with E-state index in [-0.39, 0.29) is 11.4 Å². The maximum absolute atomic E-state index is 13.3. The molecule has 8 heteroatoms. The van der Waals surface area contributed by atoms with Gasteiger partial charge in [-0.2, -0.15) is 4.98 Å². The number of benzene rings is 3. The first-order chi connectivity index (χ1) is 18.1. The Kier molecular flexibility index (Phi) is 6.89. The van der Waals surface area contributed by atoms with Gasteiger partial charge in [-0.3, -0.25) is 4.79 Å². The maximum atomic E-state index is 13.3. The highest BCUT2D eigenvalue weighted by atomic mass is 16.5. The van der Waals surface area contributed by atoms with Crippen molar-refractivity contribution in [2.45, 2.75) is 32.7 Å². The van der Waals surface area contributed by atoms with Gasteiger partial charge in [0.2, 0.25) is 5.82 Å². The number of methoxy groups -OCH3 is 1. The molecule has 5 rings (SSSR count). The van der Waals surface area contributed by atoms with E-state index in [0.29, 0.717) is 35.6 Å². The summed E-state index contributed by atoms with van der Waals surface area (Å²) in [6, 6.07) is 22.3. The average Bonchev–Trinajstić information content (AvgIpc) is 3.44. The number of aromatic nitrogens is 4. The van der Waals surface area contributed by atoms with Gasteiger partial charge in [-0.25, -0.2) is 9.78 Å². The van der Waals surface area contributed by atoms with Crippen molar-refractivity contribution in [3.8, 4) is 22.8 Å². The third-order valence-corrected chi connectivity index (χ3v) is 6.23. The highest BCUT2D eigenvalue weighted by Crippen LogP contribution is 2.26. The quantitative estimate of drug-likeness (QED) is 0.270. The van der Waals surface area contributed by atoms with E-state index >= 15 is 0 Å². The number of unbranched alkanes of at least 4 members (excludes halogenated alkanes) is 1. The van der Waals surface area contributed by atoms with Crippen LogP contribution in [0.4, 0.5) is 0 Å². The van der Waals surface area contributed by atoms with E-state index in [4.69, 9.17) is 9.26 Å². The number of carbonyl (C=O) groups is 1. The summed E-state index contributed by atoms with van der Waals surface area (Å²) in [4.78, 5) is 34.5. The molecule has 5 aromatic rings. The minimum Gasteiger partial charge on any atom is -0.465 e. The fourth-order valence-electron chi connectivity index (χ4n) is 4.26. The van der Waals surface area contributed by atoms with Gasteiger partial charge >= 0.3 is 5.97 Å². The Morgan fingerprint density at radius 2 is 1.73 bits per heavy atom. The Labute approximate surface area is 213 Å². The molecule has 0 radical (unpaired) electrons. The number of esters is 1. The molecule has 0 atom stereocenters. The van der Waals surface area contributed by atoms with Crippen LogP contribution in [0.15, 0.2) is 82.1 Å². The number of ether oxygens (including phenoxy) is 1. The third-order valence-electron chi connectivity index (χ3n) is 6.23. The first-order valence-corrected chi connectivity index (χ1v) is 12.2. The van der Waals surface area contributed by atoms with Gasteiger partial charge < -0.3 is 13.8 Å². The molecule has 37 heavy (non-hydrogen) atoms. The molecule has 0 unspecified atom stereocenters. The van der Waals surface area contributed by atoms with Gasteiger partial charge in [-0.05, 0) is 42.7 Å². The predicted molar refractivity (Wildman–Crippen MR) is 140 cm³/mol. The Hall–Kier alpha value is -4.59. The topological polar surface area (TPSA) is 100 Å². The van der Waals surface area contributed by atoms with Gasteiger partial charge in [0.1, 0.15) is 5.69 Å². The van der Waals surface area contributed by atoms with Crippen molar-refractivity contribution in [1.29, 1.82) is 0 Å². The number of fused-ring (bicyclic) bond motifs is 1. The number of hydrogen-bond donors (Lipinski definition) is 0. The smallest absolute Gasteiger partial charge is 0.338 e. The third kappa shape index (κ3) is 4.91. The SMILES string of the molecule is CCCCc1nc2ccccc2n(Cc2ccc(-c3noc(-c4ccccc4C(=O)OC)n3)cc2)c1=O. The van der Waals surface area contributed by atoms with E-state index in [1.54, 1.807) is 28.8 Å². The van der Waals surface area contributed by atoms with Crippen LogP contribution in [0, 0.1) is 0 Å². The standard InChI is InChI=1S/C29H26N4O4/c1-3-4-11-24-28(34)33(25-13-8-7-12-23(25)30-24)18-19-14-16-20(17-15-19)26-31-27(37-32-26)21-9-5-6-10-22(21)29(35)36-2/h5-10,12-17H,3-4,11,18H2,1-2H3. The van der Waals surface area contributed by atoms with E-state index in [1.165, 1.54) is 7.11 Å². The highest BCUT2D eigenvalue weighted by molar-refractivity contribution is 5.96. The summed E-state index contributed by atoms with van der Waals surface area (Å²) in [5, 5.41) is 4.10. The normalized spacial score (nSPS) is 11.1. The van der Waals surface area contributed by atoms with E-state index in [0.717, 1.165) is 35.0 Å². The van der Waals surface area contributed by atoms with Crippen molar-refractivity contribution in [1.82, 2.24) is 19.7 Å². The number of carbonyl (C=O) groups excluding carboxylic acids is 1. The Balaban J connectivity index is 1.43. The second-order valence-electron chi connectivity index (χ2n) is 8.70. The molecule has 0 saturated heterocycles. The summed E-state index contributed by atoms with van der Waals surface area (Å²) in [6.07, 6.45) is 2.59. The second-order valence-corrected chi connectivity index (χ2v) is 8.70. The van der Waals surface area contributed by atoms with Gasteiger partial charge in [0.25, 0.3) is 11.4 Å². The van der Waals surface area contributed by atoms with Crippen molar-refractivity contribution in [2.75, 3.05) is 7.11 Å². The molecule has 2 heterocycles. The van der Waals surface area contributed by atoms with Crippen LogP contribution in [0.5, 0.6) is 0 Å². The van der Waals surface area contributed by atoms with Crippen LogP contribution < -0.4 is 5.56 Å². The minimum absolute atomic E-state index is 0.0525. The van der Waals surface area contributed by atoms with Gasteiger partial charge in [0.05, 0.1) is 35.8 Å². The van der Waals surface area contributed by atoms with Gasteiger partial charge in [-0.15, -0.1) is 0 Å². The molecule has 0 aliphatic rings. The van der Waals surface area contributed by atoms with Crippen LogP contribution in [-0.4, -0.2) is 32.8 Å². The molecular formula is C29H26N4O4. The van der Waals surface area contributed by atoms with Gasteiger partial charge in [0.15, 0.2) is 0 Å². The molecule has 0 aliphatic heterocycles. The van der Waals surface area contributed by atoms with Crippen molar-refractivity contribution in [3.05, 3.63) is 100.0 Å². The second kappa shape index (κ2) is 10.6. The largest absolute Gasteiger partial charge is 0.465 e. The lowest BCUT2D eigenvalue weighted by molar-refractivity contribution is 0.0601. The summed E-state index contributed by atoms with van der Waals surface area (Å²) in [6.45, 7) is 2.52. The number of hydrogen-bond acceptors (Lipinski definition) is 7. The molecular weight excluding hydrogens is 468 g/mol. The number of para-hydroxylation sites is 2. The predicted octanol–water partition coefficient (Wildman–Crippen LogP) is 5.29. The van der Waals surface area contributed by atoms with Gasteiger partial charge in [0, 0.05) is 5.56 Å². The molecule has 8 nitrogen and oxygen atoms in total. The van der Waals surface area contributed by atoms with Crippen LogP contribution in [0.1, 0.15) is 41.4 Å². The average molecular weight is 495 g/mol. The van der Waals surface area contributed by atoms with Crippen molar-refractivity contribution in [2.24, 2.45) is 0 Å². The highest BCUT2D eigenvalue weighted by Gasteiger charge is 2.18. The van der Waals surface area contributed by atoms with Crippen molar-refractivity contribution < 1.29 is 14.1 Å². The molecule has 0 amide bonds. The zero-order chi connectivity index (χ0) is 25.8. The first-order valence-electron chi connectivity index (χ1n) is 12.2. The van der Waals surface area contributed by atoms with E-state index in [2.05, 4.69) is 22.0 Å². The van der Waals surface area contributed by atoms with Gasteiger partial charge in [-0.1, -0.05) is 67.0 Å². The zero-order valence-corrected chi connectivity index (χ0v) is 20.7. The molecule has 0 N–H and O–H groups in total. The number of nitrogens with zero attached hydrogens (tertiary/aromatic N) is 4. The zero-order valence-electron chi connectivity index (χ0n) is 20.7. The maximum Gasteiger partial charge on any atom is 0.338 e. The summed E-state index contributed by atoms with van der Waals surface area (Å²) in [5.74, 6) is 0.153. The lowest BCUT2D eigenvalue weighted by Gasteiger charge is -2.12. The fraction of sp³-hybridized carbons (Fsp3) is 0.207. The number of aryl methyl sites for hydroxylation is 1. The lowest BCUT2D eigenvalue weighted by atomic mass is 10.1. The molecule has 0 bridgehead atoms. The van der Waals surface area contributed by atoms with Crippen LogP contribution in [0.3, 0.4) is 0 Å². The molecule has 186 valence electrons. The molecule has 3 aromatic carbocycles. The van der Waals surface area contributed by atoms with Crippen LogP contribution in [-0.2, 0) is 17.7 Å². The Bertz CT molecular complexity index is 1620. The molecule has 0 fully saturated rings. The van der Waals surface area contributed by atoms with Crippen LogP contribution >= 0.6 is 0 Å². The Morgan fingerprint density at radius 1 is 0.973 bits per heavy atom. The lowest BCUT2D eigenvalue weighted by Crippen LogP contribution is -2.26. The van der Waals surface area contributed by atoms with Crippen LogP contribution in [0.25, 0.3) is 33.9 Å². The Morgan fingerprint density at radius 3 is 2.51 bits per heavy atom. The molecule has 0 spiro atoms. The van der Waals surface area contributed by atoms with Crippen molar-refractivity contribution >= 4 is 17.0 Å². The minimum atomic E-state index is -0.476. The summed E-state index contributed by atoms with van der Waals surface area (Å²) in [5.41, 5.74) is 4.75. The first kappa shape index (κ1) is 24.1. The molecule has 2 aromatic heterocycles.